The lowest BCUT2D eigenvalue weighted by Crippen LogP contribution is -2.28. The molecular weight excluding hydrogens is 395 g/mol. The summed E-state index contributed by atoms with van der Waals surface area (Å²) < 4.78 is 2.21. The number of fused-ring (bicyclic) bond motifs is 1. The maximum atomic E-state index is 11.8. The molecule has 2 aromatic heterocycles. The SMILES string of the molecule is Cn1c(=O)[nH]c(=O)c2[nH]c(-c3ccc(I)c(Cl)c3)nc21. The number of nitrogens with one attached hydrogen (secondary N) is 2. The van der Waals surface area contributed by atoms with Crippen LogP contribution in [0.15, 0.2) is 27.8 Å². The molecule has 102 valence electrons. The highest BCUT2D eigenvalue weighted by atomic mass is 127. The Morgan fingerprint density at radius 3 is 2.75 bits per heavy atom. The van der Waals surface area contributed by atoms with Gasteiger partial charge in [-0.25, -0.2) is 9.78 Å². The van der Waals surface area contributed by atoms with Crippen molar-refractivity contribution in [2.24, 2.45) is 7.05 Å². The van der Waals surface area contributed by atoms with Gasteiger partial charge in [-0.1, -0.05) is 17.7 Å². The Kier molecular flexibility index (Phi) is 3.17. The minimum absolute atomic E-state index is 0.261. The van der Waals surface area contributed by atoms with Crippen LogP contribution in [0.3, 0.4) is 0 Å². The molecule has 3 aromatic rings. The summed E-state index contributed by atoms with van der Waals surface area (Å²) in [6, 6.07) is 5.46. The van der Waals surface area contributed by atoms with E-state index < -0.39 is 11.2 Å². The molecule has 0 aliphatic heterocycles. The van der Waals surface area contributed by atoms with Gasteiger partial charge in [0.2, 0.25) is 0 Å². The lowest BCUT2D eigenvalue weighted by molar-refractivity contribution is 0.832. The van der Waals surface area contributed by atoms with Crippen LogP contribution in [0.1, 0.15) is 0 Å². The van der Waals surface area contributed by atoms with Crippen LogP contribution in [0.4, 0.5) is 0 Å². The van der Waals surface area contributed by atoms with Crippen molar-refractivity contribution in [2.75, 3.05) is 0 Å². The van der Waals surface area contributed by atoms with Crippen LogP contribution in [0.5, 0.6) is 0 Å². The number of aromatic amines is 2. The van der Waals surface area contributed by atoms with Crippen LogP contribution in [0.2, 0.25) is 5.02 Å². The molecule has 0 spiro atoms. The van der Waals surface area contributed by atoms with Gasteiger partial charge < -0.3 is 4.98 Å². The number of benzene rings is 1. The zero-order valence-corrected chi connectivity index (χ0v) is 13.1. The van der Waals surface area contributed by atoms with Gasteiger partial charge in [-0.3, -0.25) is 14.3 Å². The third-order valence-corrected chi connectivity index (χ3v) is 4.52. The molecule has 0 saturated heterocycles. The summed E-state index contributed by atoms with van der Waals surface area (Å²) in [6.07, 6.45) is 0. The summed E-state index contributed by atoms with van der Waals surface area (Å²) in [6.45, 7) is 0. The van der Waals surface area contributed by atoms with Gasteiger partial charge in [0.05, 0.1) is 5.02 Å². The molecule has 2 heterocycles. The van der Waals surface area contributed by atoms with Crippen LogP contribution in [0.25, 0.3) is 22.6 Å². The van der Waals surface area contributed by atoms with E-state index in [9.17, 15) is 9.59 Å². The molecule has 0 unspecified atom stereocenters. The zero-order chi connectivity index (χ0) is 14.4. The topological polar surface area (TPSA) is 83.5 Å². The number of aryl methyl sites for hydroxylation is 1. The standard InChI is InChI=1S/C12H8ClIN4O2/c1-18-10-8(11(19)17-12(18)20)15-9(16-10)5-2-3-7(14)6(13)4-5/h2-4H,1H3,(H,15,16)(H,17,19,20). The minimum atomic E-state index is -0.499. The number of halogens is 2. The molecule has 0 radical (unpaired) electrons. The van der Waals surface area contributed by atoms with Crippen molar-refractivity contribution in [2.45, 2.75) is 0 Å². The Bertz CT molecular complexity index is 941. The fourth-order valence-electron chi connectivity index (χ4n) is 1.88. The maximum Gasteiger partial charge on any atom is 0.329 e. The molecule has 0 fully saturated rings. The number of hydrogen-bond acceptors (Lipinski definition) is 3. The smallest absolute Gasteiger partial charge is 0.329 e. The Morgan fingerprint density at radius 2 is 2.05 bits per heavy atom. The second-order valence-corrected chi connectivity index (χ2v) is 5.80. The minimum Gasteiger partial charge on any atom is -0.332 e. The van der Waals surface area contributed by atoms with E-state index in [1.54, 1.807) is 13.1 Å². The molecule has 1 aromatic carbocycles. The third-order valence-electron chi connectivity index (χ3n) is 2.95. The van der Waals surface area contributed by atoms with Gasteiger partial charge >= 0.3 is 5.69 Å². The average Bonchev–Trinajstić information content (AvgIpc) is 2.85. The van der Waals surface area contributed by atoms with Crippen LogP contribution in [-0.2, 0) is 7.05 Å². The van der Waals surface area contributed by atoms with Crippen LogP contribution < -0.4 is 11.2 Å². The van der Waals surface area contributed by atoms with Crippen molar-refractivity contribution in [3.63, 3.8) is 0 Å². The van der Waals surface area contributed by atoms with Crippen molar-refractivity contribution < 1.29 is 0 Å². The summed E-state index contributed by atoms with van der Waals surface area (Å²) >= 11 is 8.20. The van der Waals surface area contributed by atoms with Gasteiger partial charge in [-0.05, 0) is 34.7 Å². The molecule has 0 saturated carbocycles. The monoisotopic (exact) mass is 402 g/mol. The Balaban J connectivity index is 2.31. The predicted octanol–water partition coefficient (Wildman–Crippen LogP) is 1.87. The number of hydrogen-bond donors (Lipinski definition) is 2. The summed E-state index contributed by atoms with van der Waals surface area (Å²) in [5, 5.41) is 0.603. The van der Waals surface area contributed by atoms with E-state index in [4.69, 9.17) is 11.6 Å². The van der Waals surface area contributed by atoms with Gasteiger partial charge in [-0.2, -0.15) is 0 Å². The molecule has 0 aliphatic rings. The lowest BCUT2D eigenvalue weighted by Gasteiger charge is -1.99. The molecule has 6 nitrogen and oxygen atoms in total. The zero-order valence-electron chi connectivity index (χ0n) is 10.2. The first kappa shape index (κ1) is 13.4. The van der Waals surface area contributed by atoms with Crippen molar-refractivity contribution in [1.82, 2.24) is 19.5 Å². The second-order valence-electron chi connectivity index (χ2n) is 4.23. The molecular formula is C12H8ClIN4O2. The molecule has 0 aliphatic carbocycles. The molecule has 20 heavy (non-hydrogen) atoms. The van der Waals surface area contributed by atoms with Crippen molar-refractivity contribution in [3.8, 4) is 11.4 Å². The molecule has 3 rings (SSSR count). The van der Waals surface area contributed by atoms with Gasteiger partial charge in [0.15, 0.2) is 5.65 Å². The number of H-pyrrole nitrogens is 2. The van der Waals surface area contributed by atoms with E-state index in [0.29, 0.717) is 16.5 Å². The molecule has 2 N–H and O–H groups in total. The first-order valence-electron chi connectivity index (χ1n) is 5.62. The third kappa shape index (κ3) is 2.06. The van der Waals surface area contributed by atoms with E-state index in [2.05, 4.69) is 37.5 Å². The summed E-state index contributed by atoms with van der Waals surface area (Å²) in [5.41, 5.74) is 0.332. The van der Waals surface area contributed by atoms with Crippen LogP contribution >= 0.6 is 34.2 Å². The van der Waals surface area contributed by atoms with Gasteiger partial charge in [0, 0.05) is 16.2 Å². The van der Waals surface area contributed by atoms with Gasteiger partial charge in [0.1, 0.15) is 11.3 Å². The number of rotatable bonds is 1. The normalized spacial score (nSPS) is 11.2. The highest BCUT2D eigenvalue weighted by Crippen LogP contribution is 2.25. The quantitative estimate of drug-likeness (QED) is 0.610. The van der Waals surface area contributed by atoms with E-state index in [0.717, 1.165) is 9.13 Å². The summed E-state index contributed by atoms with van der Waals surface area (Å²) in [5.74, 6) is 0.491. The largest absolute Gasteiger partial charge is 0.332 e. The van der Waals surface area contributed by atoms with E-state index in [1.807, 2.05) is 12.1 Å². The molecule has 0 amide bonds. The molecule has 0 atom stereocenters. The van der Waals surface area contributed by atoms with Crippen molar-refractivity contribution in [3.05, 3.63) is 47.6 Å². The van der Waals surface area contributed by atoms with Gasteiger partial charge in [0.25, 0.3) is 5.56 Å². The van der Waals surface area contributed by atoms with Crippen molar-refractivity contribution >= 4 is 45.4 Å². The number of imidazole rings is 1. The Morgan fingerprint density at radius 1 is 1.30 bits per heavy atom. The summed E-state index contributed by atoms with van der Waals surface area (Å²) in [4.78, 5) is 32.7. The number of aromatic nitrogens is 4. The van der Waals surface area contributed by atoms with E-state index in [1.165, 1.54) is 4.57 Å². The second kappa shape index (κ2) is 4.74. The highest BCUT2D eigenvalue weighted by molar-refractivity contribution is 14.1. The molecule has 0 bridgehead atoms. The Hall–Kier alpha value is -1.61. The van der Waals surface area contributed by atoms with Crippen molar-refractivity contribution in [1.29, 1.82) is 0 Å². The predicted molar refractivity (Wildman–Crippen MR) is 85.1 cm³/mol. The Labute approximate surface area is 131 Å². The first-order chi connectivity index (χ1) is 9.47. The van der Waals surface area contributed by atoms with Crippen LogP contribution in [-0.4, -0.2) is 19.5 Å². The first-order valence-corrected chi connectivity index (χ1v) is 7.07. The lowest BCUT2D eigenvalue weighted by atomic mass is 10.2. The average molecular weight is 403 g/mol. The fourth-order valence-corrected chi connectivity index (χ4v) is 2.40. The summed E-state index contributed by atoms with van der Waals surface area (Å²) in [7, 11) is 1.55. The molecule has 8 heteroatoms. The highest BCUT2D eigenvalue weighted by Gasteiger charge is 2.12. The number of nitrogens with zero attached hydrogens (tertiary/aromatic N) is 2. The van der Waals surface area contributed by atoms with Crippen LogP contribution in [0, 0.1) is 3.57 Å². The fraction of sp³-hybridized carbons (Fsp3) is 0.0833. The van der Waals surface area contributed by atoms with E-state index in [-0.39, 0.29) is 5.52 Å². The maximum absolute atomic E-state index is 11.8. The van der Waals surface area contributed by atoms with E-state index >= 15 is 0 Å². The van der Waals surface area contributed by atoms with Gasteiger partial charge in [-0.15, -0.1) is 0 Å².